The molecule has 108 valence electrons. The Labute approximate surface area is 128 Å². The molecule has 2 aromatic carbocycles. The van der Waals surface area contributed by atoms with E-state index in [0.29, 0.717) is 11.3 Å². The van der Waals surface area contributed by atoms with Gasteiger partial charge in [0.1, 0.15) is 0 Å². The Morgan fingerprint density at radius 3 is 2.14 bits per heavy atom. The van der Waals surface area contributed by atoms with Crippen LogP contribution in [0.5, 0.6) is 0 Å². The highest BCUT2D eigenvalue weighted by molar-refractivity contribution is 7.98. The largest absolute Gasteiger partial charge is 0.329 e. The van der Waals surface area contributed by atoms with Gasteiger partial charge in [0.15, 0.2) is 5.78 Å². The van der Waals surface area contributed by atoms with Crippen LogP contribution in [0.4, 0.5) is 10.5 Å². The number of carbonyl (C=O) groups is 2. The van der Waals surface area contributed by atoms with E-state index in [1.54, 1.807) is 24.3 Å². The fraction of sp³-hybridized carbons (Fsp3) is 0.125. The van der Waals surface area contributed by atoms with Crippen molar-refractivity contribution in [3.63, 3.8) is 0 Å². The first-order valence-electron chi connectivity index (χ1n) is 6.46. The minimum absolute atomic E-state index is 0.000859. The fourth-order valence-electron chi connectivity index (χ4n) is 1.66. The third-order valence-corrected chi connectivity index (χ3v) is 3.63. The number of rotatable bonds is 4. The van der Waals surface area contributed by atoms with E-state index in [4.69, 9.17) is 0 Å². The fourth-order valence-corrected chi connectivity index (χ4v) is 2.19. The van der Waals surface area contributed by atoms with E-state index >= 15 is 0 Å². The van der Waals surface area contributed by atoms with Crippen LogP contribution in [0.15, 0.2) is 53.4 Å². The molecule has 0 radical (unpaired) electrons. The second-order valence-corrected chi connectivity index (χ2v) is 5.48. The van der Waals surface area contributed by atoms with Crippen molar-refractivity contribution in [2.24, 2.45) is 0 Å². The number of benzene rings is 2. The molecule has 0 aliphatic rings. The van der Waals surface area contributed by atoms with Gasteiger partial charge in [0.05, 0.1) is 0 Å². The average Bonchev–Trinajstić information content (AvgIpc) is 2.47. The van der Waals surface area contributed by atoms with Crippen LogP contribution in [0.2, 0.25) is 0 Å². The Kier molecular flexibility index (Phi) is 5.00. The van der Waals surface area contributed by atoms with Crippen molar-refractivity contribution in [3.05, 3.63) is 59.7 Å². The van der Waals surface area contributed by atoms with E-state index in [0.717, 1.165) is 4.90 Å². The summed E-state index contributed by atoms with van der Waals surface area (Å²) in [5.74, 6) is 0.000859. The molecule has 0 heterocycles. The summed E-state index contributed by atoms with van der Waals surface area (Å²) >= 11 is 1.25. The van der Waals surface area contributed by atoms with Crippen molar-refractivity contribution in [3.8, 4) is 0 Å². The molecular weight excluding hydrogens is 284 g/mol. The van der Waals surface area contributed by atoms with Crippen molar-refractivity contribution in [2.75, 3.05) is 5.32 Å². The van der Waals surface area contributed by atoms with E-state index in [2.05, 4.69) is 10.0 Å². The number of carbonyl (C=O) groups excluding carboxylic acids is 2. The molecule has 5 heteroatoms. The number of nitrogens with one attached hydrogen (secondary N) is 2. The third-order valence-electron chi connectivity index (χ3n) is 2.83. The number of ketones is 1. The first kappa shape index (κ1) is 15.1. The molecule has 0 saturated heterocycles. The maximum Gasteiger partial charge on any atom is 0.329 e. The van der Waals surface area contributed by atoms with Crippen LogP contribution in [0.25, 0.3) is 0 Å². The van der Waals surface area contributed by atoms with Gasteiger partial charge in [-0.15, -0.1) is 0 Å². The van der Waals surface area contributed by atoms with Crippen LogP contribution < -0.4 is 10.0 Å². The molecule has 0 aromatic heterocycles. The summed E-state index contributed by atoms with van der Waals surface area (Å²) in [7, 11) is 0. The molecule has 0 atom stereocenters. The van der Waals surface area contributed by atoms with Crippen molar-refractivity contribution in [1.29, 1.82) is 0 Å². The van der Waals surface area contributed by atoms with Crippen LogP contribution in [0.1, 0.15) is 22.8 Å². The Morgan fingerprint density at radius 1 is 0.952 bits per heavy atom. The van der Waals surface area contributed by atoms with E-state index in [1.165, 1.54) is 24.4 Å². The van der Waals surface area contributed by atoms with Gasteiger partial charge >= 0.3 is 6.03 Å². The molecule has 0 unspecified atom stereocenters. The van der Waals surface area contributed by atoms with Gasteiger partial charge in [-0.25, -0.2) is 4.79 Å². The molecule has 2 rings (SSSR count). The Balaban J connectivity index is 1.86. The quantitative estimate of drug-likeness (QED) is 0.662. The summed E-state index contributed by atoms with van der Waals surface area (Å²) < 4.78 is 2.70. The number of urea groups is 1. The monoisotopic (exact) mass is 300 g/mol. The van der Waals surface area contributed by atoms with Crippen LogP contribution in [0, 0.1) is 6.92 Å². The second-order valence-electron chi connectivity index (χ2n) is 4.60. The van der Waals surface area contributed by atoms with Gasteiger partial charge < -0.3 is 5.32 Å². The van der Waals surface area contributed by atoms with E-state index in [9.17, 15) is 9.59 Å². The maximum atomic E-state index is 11.8. The van der Waals surface area contributed by atoms with Gasteiger partial charge in [0, 0.05) is 16.1 Å². The number of aryl methyl sites for hydroxylation is 1. The zero-order chi connectivity index (χ0) is 15.2. The lowest BCUT2D eigenvalue weighted by Crippen LogP contribution is -2.22. The number of hydrogen-bond acceptors (Lipinski definition) is 3. The highest BCUT2D eigenvalue weighted by Crippen LogP contribution is 2.15. The molecule has 2 aromatic rings. The summed E-state index contributed by atoms with van der Waals surface area (Å²) in [4.78, 5) is 23.9. The topological polar surface area (TPSA) is 58.2 Å². The van der Waals surface area contributed by atoms with Gasteiger partial charge in [-0.1, -0.05) is 17.7 Å². The van der Waals surface area contributed by atoms with E-state index in [-0.39, 0.29) is 11.8 Å². The van der Waals surface area contributed by atoms with Crippen molar-refractivity contribution >= 4 is 29.4 Å². The lowest BCUT2D eigenvalue weighted by molar-refractivity contribution is 0.101. The zero-order valence-electron chi connectivity index (χ0n) is 11.8. The first-order chi connectivity index (χ1) is 10.0. The van der Waals surface area contributed by atoms with Gasteiger partial charge in [-0.05, 0) is 62.2 Å². The van der Waals surface area contributed by atoms with Gasteiger partial charge in [-0.3, -0.25) is 9.52 Å². The predicted molar refractivity (Wildman–Crippen MR) is 85.6 cm³/mol. The molecular formula is C16H16N2O2S. The minimum Gasteiger partial charge on any atom is -0.307 e. The number of amides is 2. The minimum atomic E-state index is -0.309. The molecule has 4 nitrogen and oxygen atoms in total. The summed E-state index contributed by atoms with van der Waals surface area (Å²) in [6.45, 7) is 3.52. The molecule has 2 amide bonds. The van der Waals surface area contributed by atoms with Crippen molar-refractivity contribution in [1.82, 2.24) is 4.72 Å². The molecule has 0 aliphatic carbocycles. The summed E-state index contributed by atoms with van der Waals surface area (Å²) in [6.07, 6.45) is 0. The van der Waals surface area contributed by atoms with Gasteiger partial charge in [0.2, 0.25) is 0 Å². The summed E-state index contributed by atoms with van der Waals surface area (Å²) in [6, 6.07) is 14.3. The zero-order valence-corrected chi connectivity index (χ0v) is 12.7. The number of Topliss-reactive ketones (excluding diaryl/α,β-unsaturated/α-hetero) is 1. The Bertz CT molecular complexity index is 636. The second kappa shape index (κ2) is 6.95. The van der Waals surface area contributed by atoms with Crippen molar-refractivity contribution in [2.45, 2.75) is 18.7 Å². The van der Waals surface area contributed by atoms with Crippen LogP contribution >= 0.6 is 11.9 Å². The smallest absolute Gasteiger partial charge is 0.307 e. The van der Waals surface area contributed by atoms with E-state index < -0.39 is 0 Å². The lowest BCUT2D eigenvalue weighted by Gasteiger charge is -2.07. The molecule has 0 bridgehead atoms. The number of hydrogen-bond donors (Lipinski definition) is 2. The normalized spacial score (nSPS) is 10.0. The third kappa shape index (κ3) is 4.65. The van der Waals surface area contributed by atoms with Gasteiger partial charge in [0.25, 0.3) is 0 Å². The first-order valence-corrected chi connectivity index (χ1v) is 7.28. The van der Waals surface area contributed by atoms with Crippen molar-refractivity contribution < 1.29 is 9.59 Å². The van der Waals surface area contributed by atoms with Crippen LogP contribution in [-0.2, 0) is 0 Å². The predicted octanol–water partition coefficient (Wildman–Crippen LogP) is 4.03. The van der Waals surface area contributed by atoms with Crippen LogP contribution in [0.3, 0.4) is 0 Å². The SMILES string of the molecule is CC(=O)c1ccc(NC(=O)NSc2ccc(C)cc2)cc1. The number of anilines is 1. The van der Waals surface area contributed by atoms with Crippen LogP contribution in [-0.4, -0.2) is 11.8 Å². The molecule has 2 N–H and O–H groups in total. The lowest BCUT2D eigenvalue weighted by atomic mass is 10.1. The summed E-state index contributed by atoms with van der Waals surface area (Å²) in [5.41, 5.74) is 2.44. The highest BCUT2D eigenvalue weighted by atomic mass is 32.2. The molecule has 21 heavy (non-hydrogen) atoms. The van der Waals surface area contributed by atoms with Gasteiger partial charge in [-0.2, -0.15) is 0 Å². The summed E-state index contributed by atoms with van der Waals surface area (Å²) in [5, 5.41) is 2.71. The molecule has 0 saturated carbocycles. The van der Waals surface area contributed by atoms with E-state index in [1.807, 2.05) is 31.2 Å². The highest BCUT2D eigenvalue weighted by Gasteiger charge is 2.04. The molecule has 0 spiro atoms. The molecule has 0 fully saturated rings. The molecule has 0 aliphatic heterocycles. The average molecular weight is 300 g/mol. The Morgan fingerprint density at radius 2 is 1.57 bits per heavy atom. The standard InChI is InChI=1S/C16H16N2O2S/c1-11-3-9-15(10-4-11)21-18-16(20)17-14-7-5-13(6-8-14)12(2)19/h3-10H,1-2H3,(H2,17,18,20). The maximum absolute atomic E-state index is 11.8. The Hall–Kier alpha value is -2.27.